The van der Waals surface area contributed by atoms with Crippen molar-refractivity contribution in [1.82, 2.24) is 15.6 Å². The average Bonchev–Trinajstić information content (AvgIpc) is 2.57. The van der Waals surface area contributed by atoms with E-state index in [-0.39, 0.29) is 29.8 Å². The Labute approximate surface area is 151 Å². The van der Waals surface area contributed by atoms with Crippen LogP contribution in [0.1, 0.15) is 12.0 Å². The zero-order valence-electron chi connectivity index (χ0n) is 12.5. The minimum atomic E-state index is -0.291. The smallest absolute Gasteiger partial charge is 0.219 e. The van der Waals surface area contributed by atoms with Gasteiger partial charge in [0.2, 0.25) is 5.88 Å². The second kappa shape index (κ2) is 8.66. The van der Waals surface area contributed by atoms with Crippen molar-refractivity contribution in [2.75, 3.05) is 13.1 Å². The lowest BCUT2D eigenvalue weighted by Crippen LogP contribution is -2.40. The number of hydrogen-bond donors (Lipinski definition) is 2. The summed E-state index contributed by atoms with van der Waals surface area (Å²) in [4.78, 5) is 8.59. The molecule has 0 radical (unpaired) electrons. The van der Waals surface area contributed by atoms with Gasteiger partial charge in [0.05, 0.1) is 0 Å². The van der Waals surface area contributed by atoms with Crippen LogP contribution in [0.5, 0.6) is 11.6 Å². The van der Waals surface area contributed by atoms with Crippen LogP contribution in [0.3, 0.4) is 0 Å². The number of rotatable bonds is 4. The highest BCUT2D eigenvalue weighted by molar-refractivity contribution is 14.0. The van der Waals surface area contributed by atoms with E-state index in [1.807, 2.05) is 6.07 Å². The number of benzene rings is 1. The van der Waals surface area contributed by atoms with Crippen LogP contribution < -0.4 is 15.4 Å². The van der Waals surface area contributed by atoms with Crippen LogP contribution in [0, 0.1) is 5.82 Å². The van der Waals surface area contributed by atoms with Gasteiger partial charge in [-0.1, -0.05) is 6.07 Å². The predicted octanol–water partition coefficient (Wildman–Crippen LogP) is 3.07. The standard InChI is InChI=1S/C16H17FN4O.HI/c17-13-3-5-14(6-4-13)22-15-7-2-12(10-20-15)11-21-16-18-8-1-9-19-16;/h2-7,10H,1,8-9,11H2,(H2,18,19,21);1H. The molecule has 23 heavy (non-hydrogen) atoms. The van der Waals surface area contributed by atoms with Gasteiger partial charge in [-0.25, -0.2) is 9.37 Å². The fraction of sp³-hybridized carbons (Fsp3) is 0.250. The zero-order valence-corrected chi connectivity index (χ0v) is 14.8. The summed E-state index contributed by atoms with van der Waals surface area (Å²) >= 11 is 0. The number of halogens is 2. The number of aliphatic imine (C=N–C) groups is 1. The lowest BCUT2D eigenvalue weighted by atomic mass is 10.3. The molecule has 1 aromatic heterocycles. The predicted molar refractivity (Wildman–Crippen MR) is 97.9 cm³/mol. The summed E-state index contributed by atoms with van der Waals surface area (Å²) in [6.07, 6.45) is 2.82. The normalized spacial score (nSPS) is 13.3. The molecule has 1 aliphatic rings. The summed E-state index contributed by atoms with van der Waals surface area (Å²) in [6, 6.07) is 9.56. The molecule has 0 amide bonds. The van der Waals surface area contributed by atoms with Gasteiger partial charge in [0.25, 0.3) is 0 Å². The minimum Gasteiger partial charge on any atom is -0.439 e. The Bertz CT molecular complexity index is 646. The molecule has 0 aliphatic carbocycles. The Morgan fingerprint density at radius 2 is 2.00 bits per heavy atom. The third-order valence-electron chi connectivity index (χ3n) is 3.19. The Morgan fingerprint density at radius 1 is 1.17 bits per heavy atom. The van der Waals surface area contributed by atoms with Gasteiger partial charge in [0, 0.05) is 31.9 Å². The average molecular weight is 428 g/mol. The van der Waals surface area contributed by atoms with Gasteiger partial charge >= 0.3 is 0 Å². The summed E-state index contributed by atoms with van der Waals surface area (Å²) in [7, 11) is 0. The van der Waals surface area contributed by atoms with Crippen LogP contribution in [0.15, 0.2) is 47.6 Å². The number of nitrogens with one attached hydrogen (secondary N) is 2. The lowest BCUT2D eigenvalue weighted by Gasteiger charge is -2.15. The van der Waals surface area contributed by atoms with E-state index >= 15 is 0 Å². The Kier molecular flexibility index (Phi) is 6.57. The van der Waals surface area contributed by atoms with Crippen molar-refractivity contribution in [2.24, 2.45) is 4.99 Å². The van der Waals surface area contributed by atoms with Crippen molar-refractivity contribution in [3.63, 3.8) is 0 Å². The van der Waals surface area contributed by atoms with E-state index in [2.05, 4.69) is 20.6 Å². The molecule has 0 fully saturated rings. The number of pyridine rings is 1. The molecule has 3 rings (SSSR count). The molecular formula is C16H18FIN4O. The molecule has 7 heteroatoms. The van der Waals surface area contributed by atoms with Crippen molar-refractivity contribution in [3.05, 3.63) is 54.0 Å². The van der Waals surface area contributed by atoms with Gasteiger partial charge in [0.15, 0.2) is 5.96 Å². The second-order valence-electron chi connectivity index (χ2n) is 4.92. The Morgan fingerprint density at radius 3 is 2.65 bits per heavy atom. The molecule has 2 aromatic rings. The molecule has 1 aliphatic heterocycles. The topological polar surface area (TPSA) is 58.5 Å². The van der Waals surface area contributed by atoms with Gasteiger partial charge in [-0.15, -0.1) is 24.0 Å². The Balaban J connectivity index is 0.00000192. The molecular weight excluding hydrogens is 410 g/mol. The summed E-state index contributed by atoms with van der Waals surface area (Å²) in [5.74, 6) is 1.57. The van der Waals surface area contributed by atoms with E-state index in [1.54, 1.807) is 24.4 Å². The number of nitrogens with zero attached hydrogens (tertiary/aromatic N) is 2. The highest BCUT2D eigenvalue weighted by Gasteiger charge is 2.04. The fourth-order valence-corrected chi connectivity index (χ4v) is 2.04. The quantitative estimate of drug-likeness (QED) is 0.736. The highest BCUT2D eigenvalue weighted by Crippen LogP contribution is 2.19. The minimum absolute atomic E-state index is 0. The summed E-state index contributed by atoms with van der Waals surface area (Å²) in [6.45, 7) is 2.46. The van der Waals surface area contributed by atoms with Crippen molar-refractivity contribution >= 4 is 29.9 Å². The van der Waals surface area contributed by atoms with Crippen molar-refractivity contribution in [1.29, 1.82) is 0 Å². The molecule has 1 aromatic carbocycles. The van der Waals surface area contributed by atoms with Crippen LogP contribution in [-0.2, 0) is 6.54 Å². The van der Waals surface area contributed by atoms with E-state index in [4.69, 9.17) is 4.74 Å². The Hall–Kier alpha value is -1.90. The van der Waals surface area contributed by atoms with Gasteiger partial charge in [-0.05, 0) is 36.2 Å². The SMILES string of the molecule is Fc1ccc(Oc2ccc(CNC3=NCCCN3)cn2)cc1.I. The molecule has 0 atom stereocenters. The first-order chi connectivity index (χ1) is 10.8. The molecule has 0 spiro atoms. The molecule has 2 N–H and O–H groups in total. The molecule has 5 nitrogen and oxygen atoms in total. The van der Waals surface area contributed by atoms with E-state index < -0.39 is 0 Å². The first-order valence-electron chi connectivity index (χ1n) is 7.20. The third kappa shape index (κ3) is 5.34. The van der Waals surface area contributed by atoms with Crippen LogP contribution in [0.4, 0.5) is 4.39 Å². The largest absolute Gasteiger partial charge is 0.439 e. The van der Waals surface area contributed by atoms with Gasteiger partial charge in [-0.3, -0.25) is 4.99 Å². The summed E-state index contributed by atoms with van der Waals surface area (Å²) in [5, 5.41) is 6.43. The lowest BCUT2D eigenvalue weighted by molar-refractivity contribution is 0.461. The molecule has 0 bridgehead atoms. The van der Waals surface area contributed by atoms with E-state index in [0.717, 1.165) is 31.0 Å². The molecule has 2 heterocycles. The van der Waals surface area contributed by atoms with Crippen molar-refractivity contribution in [2.45, 2.75) is 13.0 Å². The highest BCUT2D eigenvalue weighted by atomic mass is 127. The van der Waals surface area contributed by atoms with Crippen molar-refractivity contribution < 1.29 is 9.13 Å². The summed E-state index contributed by atoms with van der Waals surface area (Å²) < 4.78 is 18.4. The third-order valence-corrected chi connectivity index (χ3v) is 3.19. The number of guanidine groups is 1. The maximum Gasteiger partial charge on any atom is 0.219 e. The van der Waals surface area contributed by atoms with Gasteiger partial charge < -0.3 is 15.4 Å². The first kappa shape index (κ1) is 17.5. The van der Waals surface area contributed by atoms with Gasteiger partial charge in [-0.2, -0.15) is 0 Å². The van der Waals surface area contributed by atoms with Crippen LogP contribution in [0.2, 0.25) is 0 Å². The molecule has 0 unspecified atom stereocenters. The number of aromatic nitrogens is 1. The number of ether oxygens (including phenoxy) is 1. The monoisotopic (exact) mass is 428 g/mol. The number of hydrogen-bond acceptors (Lipinski definition) is 5. The maximum absolute atomic E-state index is 12.8. The second-order valence-corrected chi connectivity index (χ2v) is 4.92. The van der Waals surface area contributed by atoms with Crippen LogP contribution in [-0.4, -0.2) is 24.0 Å². The fourth-order valence-electron chi connectivity index (χ4n) is 2.04. The molecule has 0 saturated carbocycles. The molecule has 0 saturated heterocycles. The first-order valence-corrected chi connectivity index (χ1v) is 7.20. The van der Waals surface area contributed by atoms with Crippen molar-refractivity contribution in [3.8, 4) is 11.6 Å². The maximum atomic E-state index is 12.8. The molecule has 122 valence electrons. The van der Waals surface area contributed by atoms with Crippen LogP contribution >= 0.6 is 24.0 Å². The van der Waals surface area contributed by atoms with Gasteiger partial charge in [0.1, 0.15) is 11.6 Å². The van der Waals surface area contributed by atoms with E-state index in [1.165, 1.54) is 12.1 Å². The van der Waals surface area contributed by atoms with E-state index in [9.17, 15) is 4.39 Å². The van der Waals surface area contributed by atoms with Crippen LogP contribution in [0.25, 0.3) is 0 Å². The van der Waals surface area contributed by atoms with E-state index in [0.29, 0.717) is 18.2 Å². The summed E-state index contributed by atoms with van der Waals surface area (Å²) in [5.41, 5.74) is 1.03. The zero-order chi connectivity index (χ0) is 15.2.